The number of carbonyl (C=O) groups is 1. The van der Waals surface area contributed by atoms with Crippen LogP contribution in [0.2, 0.25) is 0 Å². The SMILES string of the molecule is COc1nc(COC(C)=O)c(C)s1. The third kappa shape index (κ3) is 2.69. The van der Waals surface area contributed by atoms with E-state index in [1.807, 2.05) is 6.92 Å². The number of methoxy groups -OCH3 is 1. The van der Waals surface area contributed by atoms with E-state index < -0.39 is 0 Å². The lowest BCUT2D eigenvalue weighted by molar-refractivity contribution is -0.142. The van der Waals surface area contributed by atoms with E-state index in [1.165, 1.54) is 18.3 Å². The van der Waals surface area contributed by atoms with Crippen LogP contribution in [-0.2, 0) is 16.1 Å². The zero-order valence-electron chi connectivity index (χ0n) is 7.79. The van der Waals surface area contributed by atoms with Crippen molar-refractivity contribution in [3.8, 4) is 5.19 Å². The number of aromatic nitrogens is 1. The summed E-state index contributed by atoms with van der Waals surface area (Å²) in [6.07, 6.45) is 0. The van der Waals surface area contributed by atoms with Gasteiger partial charge in [-0.3, -0.25) is 4.79 Å². The van der Waals surface area contributed by atoms with E-state index in [1.54, 1.807) is 7.11 Å². The molecule has 0 unspecified atom stereocenters. The van der Waals surface area contributed by atoms with E-state index in [4.69, 9.17) is 9.47 Å². The number of ether oxygens (including phenoxy) is 2. The van der Waals surface area contributed by atoms with Crippen LogP contribution in [0.5, 0.6) is 5.19 Å². The molecule has 0 saturated heterocycles. The second-order valence-corrected chi connectivity index (χ2v) is 3.63. The quantitative estimate of drug-likeness (QED) is 0.696. The Morgan fingerprint density at radius 3 is 2.77 bits per heavy atom. The lowest BCUT2D eigenvalue weighted by Gasteiger charge is -1.98. The highest BCUT2D eigenvalue weighted by Gasteiger charge is 2.08. The molecule has 0 saturated carbocycles. The highest BCUT2D eigenvalue weighted by Crippen LogP contribution is 2.23. The Balaban J connectivity index is 2.65. The number of esters is 1. The van der Waals surface area contributed by atoms with Gasteiger partial charge in [0.05, 0.1) is 12.8 Å². The van der Waals surface area contributed by atoms with Gasteiger partial charge in [0, 0.05) is 11.8 Å². The number of rotatable bonds is 3. The Bertz CT molecular complexity index is 308. The van der Waals surface area contributed by atoms with Crippen molar-refractivity contribution in [3.63, 3.8) is 0 Å². The Hall–Kier alpha value is -1.10. The third-order valence-corrected chi connectivity index (χ3v) is 2.43. The lowest BCUT2D eigenvalue weighted by atomic mass is 10.4. The van der Waals surface area contributed by atoms with Crippen molar-refractivity contribution in [2.75, 3.05) is 7.11 Å². The smallest absolute Gasteiger partial charge is 0.303 e. The number of aryl methyl sites for hydroxylation is 1. The van der Waals surface area contributed by atoms with Crippen LogP contribution in [0.25, 0.3) is 0 Å². The Morgan fingerprint density at radius 1 is 1.62 bits per heavy atom. The summed E-state index contributed by atoms with van der Waals surface area (Å²) in [4.78, 5) is 15.7. The Morgan fingerprint density at radius 2 is 2.31 bits per heavy atom. The molecule has 0 fully saturated rings. The highest BCUT2D eigenvalue weighted by molar-refractivity contribution is 7.13. The molecule has 0 atom stereocenters. The lowest BCUT2D eigenvalue weighted by Crippen LogP contribution is -2.00. The first kappa shape index (κ1) is 9.98. The molecule has 72 valence electrons. The van der Waals surface area contributed by atoms with Crippen molar-refractivity contribution in [1.29, 1.82) is 0 Å². The molecule has 13 heavy (non-hydrogen) atoms. The molecule has 1 aromatic rings. The van der Waals surface area contributed by atoms with Gasteiger partial charge in [-0.25, -0.2) is 4.98 Å². The van der Waals surface area contributed by atoms with Gasteiger partial charge in [0.2, 0.25) is 0 Å². The summed E-state index contributed by atoms with van der Waals surface area (Å²) in [7, 11) is 1.56. The molecule has 1 aromatic heterocycles. The molecule has 1 rings (SSSR count). The molecule has 4 nitrogen and oxygen atoms in total. The molecule has 0 amide bonds. The largest absolute Gasteiger partial charge is 0.473 e. The number of nitrogens with zero attached hydrogens (tertiary/aromatic N) is 1. The summed E-state index contributed by atoms with van der Waals surface area (Å²) in [6.45, 7) is 3.51. The Labute approximate surface area is 80.5 Å². The van der Waals surface area contributed by atoms with Gasteiger partial charge in [-0.15, -0.1) is 0 Å². The third-order valence-electron chi connectivity index (χ3n) is 1.46. The fourth-order valence-corrected chi connectivity index (χ4v) is 1.52. The number of carbonyl (C=O) groups excluding carboxylic acids is 1. The van der Waals surface area contributed by atoms with E-state index in [0.29, 0.717) is 5.19 Å². The predicted molar refractivity (Wildman–Crippen MR) is 48.9 cm³/mol. The minimum absolute atomic E-state index is 0.223. The van der Waals surface area contributed by atoms with Crippen molar-refractivity contribution in [2.24, 2.45) is 0 Å². The summed E-state index contributed by atoms with van der Waals surface area (Å²) < 4.78 is 9.77. The number of thiazole rings is 1. The van der Waals surface area contributed by atoms with Gasteiger partial charge in [-0.05, 0) is 6.92 Å². The summed E-state index contributed by atoms with van der Waals surface area (Å²) >= 11 is 1.44. The first-order chi connectivity index (χ1) is 6.13. The van der Waals surface area contributed by atoms with Crippen molar-refractivity contribution in [1.82, 2.24) is 4.98 Å². The van der Waals surface area contributed by atoms with Gasteiger partial charge in [-0.2, -0.15) is 0 Å². The van der Waals surface area contributed by atoms with Crippen molar-refractivity contribution in [2.45, 2.75) is 20.5 Å². The number of hydrogen-bond donors (Lipinski definition) is 0. The van der Waals surface area contributed by atoms with Gasteiger partial charge in [-0.1, -0.05) is 11.3 Å². The second-order valence-electron chi connectivity index (χ2n) is 2.47. The first-order valence-corrected chi connectivity index (χ1v) is 4.58. The molecule has 0 spiro atoms. The second kappa shape index (κ2) is 4.23. The van der Waals surface area contributed by atoms with E-state index in [9.17, 15) is 4.79 Å². The van der Waals surface area contributed by atoms with E-state index >= 15 is 0 Å². The van der Waals surface area contributed by atoms with Crippen LogP contribution < -0.4 is 4.74 Å². The summed E-state index contributed by atoms with van der Waals surface area (Å²) in [5.74, 6) is -0.300. The molecule has 5 heteroatoms. The van der Waals surface area contributed by atoms with Crippen molar-refractivity contribution >= 4 is 17.3 Å². The average Bonchev–Trinajstić information content (AvgIpc) is 2.43. The first-order valence-electron chi connectivity index (χ1n) is 3.77. The molecule has 0 aliphatic rings. The highest BCUT2D eigenvalue weighted by atomic mass is 32.1. The molecule has 0 radical (unpaired) electrons. The summed E-state index contributed by atoms with van der Waals surface area (Å²) in [5.41, 5.74) is 0.761. The van der Waals surface area contributed by atoms with Crippen molar-refractivity contribution < 1.29 is 14.3 Å². The zero-order chi connectivity index (χ0) is 9.84. The van der Waals surface area contributed by atoms with Gasteiger partial charge < -0.3 is 9.47 Å². The monoisotopic (exact) mass is 201 g/mol. The maximum absolute atomic E-state index is 10.5. The van der Waals surface area contributed by atoms with Crippen LogP contribution in [0.15, 0.2) is 0 Å². The molecule has 0 N–H and O–H groups in total. The molecule has 0 aliphatic heterocycles. The molecule has 1 heterocycles. The molecular weight excluding hydrogens is 190 g/mol. The van der Waals surface area contributed by atoms with Gasteiger partial charge in [0.25, 0.3) is 5.19 Å². The molecule has 0 aliphatic carbocycles. The van der Waals surface area contributed by atoms with Crippen LogP contribution in [0.1, 0.15) is 17.5 Å². The van der Waals surface area contributed by atoms with E-state index in [2.05, 4.69) is 4.98 Å². The van der Waals surface area contributed by atoms with Gasteiger partial charge in [0.15, 0.2) is 0 Å². The fraction of sp³-hybridized carbons (Fsp3) is 0.500. The van der Waals surface area contributed by atoms with Crippen LogP contribution in [0.3, 0.4) is 0 Å². The standard InChI is InChI=1S/C8H11NO3S/c1-5-7(4-12-6(2)10)9-8(11-3)13-5/h4H2,1-3H3. The number of hydrogen-bond acceptors (Lipinski definition) is 5. The van der Waals surface area contributed by atoms with Gasteiger partial charge >= 0.3 is 5.97 Å². The van der Waals surface area contributed by atoms with E-state index in [-0.39, 0.29) is 12.6 Å². The summed E-state index contributed by atoms with van der Waals surface area (Å²) in [6, 6.07) is 0. The van der Waals surface area contributed by atoms with Crippen LogP contribution >= 0.6 is 11.3 Å². The van der Waals surface area contributed by atoms with Crippen LogP contribution in [-0.4, -0.2) is 18.1 Å². The fourth-order valence-electron chi connectivity index (χ4n) is 0.793. The molecular formula is C8H11NO3S. The zero-order valence-corrected chi connectivity index (χ0v) is 8.60. The summed E-state index contributed by atoms with van der Waals surface area (Å²) in [5, 5.41) is 0.597. The van der Waals surface area contributed by atoms with Gasteiger partial charge in [0.1, 0.15) is 6.61 Å². The normalized spacial score (nSPS) is 9.77. The maximum atomic E-state index is 10.5. The minimum atomic E-state index is -0.300. The van der Waals surface area contributed by atoms with E-state index in [0.717, 1.165) is 10.6 Å². The Kier molecular flexibility index (Phi) is 3.25. The maximum Gasteiger partial charge on any atom is 0.303 e. The predicted octanol–water partition coefficient (Wildman–Crippen LogP) is 1.52. The topological polar surface area (TPSA) is 48.4 Å². The minimum Gasteiger partial charge on any atom is -0.473 e. The molecule has 0 aromatic carbocycles. The van der Waals surface area contributed by atoms with Crippen molar-refractivity contribution in [3.05, 3.63) is 10.6 Å². The molecule has 0 bridgehead atoms. The van der Waals surface area contributed by atoms with Crippen LogP contribution in [0.4, 0.5) is 0 Å². The van der Waals surface area contributed by atoms with Crippen LogP contribution in [0, 0.1) is 6.92 Å². The average molecular weight is 201 g/mol.